The predicted octanol–water partition coefficient (Wildman–Crippen LogP) is 1.17. The third-order valence-corrected chi connectivity index (χ3v) is 2.76. The molecule has 0 spiro atoms. The summed E-state index contributed by atoms with van der Waals surface area (Å²) in [6.07, 6.45) is 2.49. The molecule has 6 heteroatoms. The molecule has 2 heterocycles. The van der Waals surface area contributed by atoms with Crippen molar-refractivity contribution in [2.45, 2.75) is 31.5 Å². The van der Waals surface area contributed by atoms with Gasteiger partial charge in [-0.2, -0.15) is 0 Å². The van der Waals surface area contributed by atoms with E-state index in [-0.39, 0.29) is 18.4 Å². The first kappa shape index (κ1) is 12.4. The Morgan fingerprint density at radius 2 is 2.40 bits per heavy atom. The van der Waals surface area contributed by atoms with Gasteiger partial charge in [0.05, 0.1) is 0 Å². The fraction of sp³-hybridized carbons (Fsp3) is 0.778. The Morgan fingerprint density at radius 3 is 2.93 bits per heavy atom. The lowest BCUT2D eigenvalue weighted by Gasteiger charge is -2.32. The van der Waals surface area contributed by atoms with Crippen molar-refractivity contribution in [3.05, 3.63) is 12.2 Å². The number of aryl methyl sites for hydroxylation is 1. The lowest BCUT2D eigenvalue weighted by molar-refractivity contribution is 0.0812. The average Bonchev–Trinajstić information content (AvgIpc) is 2.51. The van der Waals surface area contributed by atoms with E-state index in [2.05, 4.69) is 15.5 Å². The minimum absolute atomic E-state index is 0. The molecule has 1 aromatic rings. The topological polar surface area (TPSA) is 42.7 Å². The number of alkyl halides is 1. The third kappa shape index (κ3) is 2.29. The Labute approximate surface area is 94.7 Å². The van der Waals surface area contributed by atoms with Gasteiger partial charge in [0.1, 0.15) is 6.33 Å². The molecule has 0 aromatic carbocycles. The van der Waals surface area contributed by atoms with Crippen molar-refractivity contribution in [1.82, 2.24) is 20.1 Å². The van der Waals surface area contributed by atoms with Crippen molar-refractivity contribution in [3.63, 3.8) is 0 Å². The van der Waals surface area contributed by atoms with E-state index in [1.54, 1.807) is 17.9 Å². The maximum Gasteiger partial charge on any atom is 0.173 e. The second-order valence-corrected chi connectivity index (χ2v) is 4.04. The number of rotatable bonds is 1. The van der Waals surface area contributed by atoms with E-state index in [0.29, 0.717) is 25.2 Å². The first-order chi connectivity index (χ1) is 6.62. The SMILES string of the molecule is C[C@H]1C[C@@](F)(c2nncn2C)CCN1.Cl. The third-order valence-electron chi connectivity index (χ3n) is 2.76. The Bertz CT molecular complexity index is 330. The molecule has 4 nitrogen and oxygen atoms in total. The molecule has 1 aliphatic heterocycles. The Kier molecular flexibility index (Phi) is 3.67. The fourth-order valence-corrected chi connectivity index (χ4v) is 2.07. The normalized spacial score (nSPS) is 31.0. The first-order valence-corrected chi connectivity index (χ1v) is 4.88. The molecule has 1 N–H and O–H groups in total. The molecule has 0 unspecified atom stereocenters. The molecule has 1 fully saturated rings. The Balaban J connectivity index is 0.00000112. The molecular formula is C9H16ClFN4. The second-order valence-electron chi connectivity index (χ2n) is 4.04. The minimum atomic E-state index is -1.31. The quantitative estimate of drug-likeness (QED) is 0.794. The highest BCUT2D eigenvalue weighted by Gasteiger charge is 2.40. The predicted molar refractivity (Wildman–Crippen MR) is 57.7 cm³/mol. The van der Waals surface area contributed by atoms with Crippen molar-refractivity contribution < 1.29 is 4.39 Å². The molecule has 1 aliphatic rings. The largest absolute Gasteiger partial charge is 0.318 e. The molecule has 86 valence electrons. The highest BCUT2D eigenvalue weighted by molar-refractivity contribution is 5.85. The van der Waals surface area contributed by atoms with Crippen LogP contribution in [0.15, 0.2) is 6.33 Å². The molecule has 0 amide bonds. The van der Waals surface area contributed by atoms with Gasteiger partial charge in [-0.05, 0) is 13.5 Å². The summed E-state index contributed by atoms with van der Waals surface area (Å²) in [5, 5.41) is 10.8. The smallest absolute Gasteiger partial charge is 0.173 e. The van der Waals surface area contributed by atoms with Gasteiger partial charge in [0.25, 0.3) is 0 Å². The molecule has 0 radical (unpaired) electrons. The summed E-state index contributed by atoms with van der Waals surface area (Å²) in [4.78, 5) is 0. The monoisotopic (exact) mass is 234 g/mol. The molecule has 2 atom stereocenters. The van der Waals surface area contributed by atoms with Crippen LogP contribution in [-0.4, -0.2) is 27.4 Å². The summed E-state index contributed by atoms with van der Waals surface area (Å²) < 4.78 is 16.2. The number of hydrogen-bond donors (Lipinski definition) is 1. The lowest BCUT2D eigenvalue weighted by atomic mass is 9.89. The summed E-state index contributed by atoms with van der Waals surface area (Å²) in [5.41, 5.74) is -1.31. The number of piperidine rings is 1. The van der Waals surface area contributed by atoms with Crippen molar-refractivity contribution in [1.29, 1.82) is 0 Å². The van der Waals surface area contributed by atoms with Crippen LogP contribution in [0.3, 0.4) is 0 Å². The van der Waals surface area contributed by atoms with E-state index in [9.17, 15) is 4.39 Å². The van der Waals surface area contributed by atoms with Crippen LogP contribution in [0.4, 0.5) is 4.39 Å². The fourth-order valence-electron chi connectivity index (χ4n) is 2.07. The number of nitrogens with one attached hydrogen (secondary N) is 1. The summed E-state index contributed by atoms with van der Waals surface area (Å²) in [5.74, 6) is 0.450. The summed E-state index contributed by atoms with van der Waals surface area (Å²) >= 11 is 0. The van der Waals surface area contributed by atoms with Crippen LogP contribution in [0.2, 0.25) is 0 Å². The number of halogens is 2. The van der Waals surface area contributed by atoms with E-state index in [0.717, 1.165) is 0 Å². The maximum atomic E-state index is 14.5. The number of aromatic nitrogens is 3. The Hall–Kier alpha value is -0.680. The maximum absolute atomic E-state index is 14.5. The molecular weight excluding hydrogens is 219 g/mol. The second kappa shape index (κ2) is 4.45. The molecule has 0 bridgehead atoms. The highest BCUT2D eigenvalue weighted by atomic mass is 35.5. The van der Waals surface area contributed by atoms with Crippen molar-refractivity contribution >= 4 is 12.4 Å². The molecule has 0 saturated carbocycles. The summed E-state index contributed by atoms with van der Waals surface area (Å²) in [6.45, 7) is 2.69. The highest BCUT2D eigenvalue weighted by Crippen LogP contribution is 2.35. The van der Waals surface area contributed by atoms with Gasteiger partial charge < -0.3 is 9.88 Å². The van der Waals surface area contributed by atoms with Crippen LogP contribution in [0.1, 0.15) is 25.6 Å². The van der Waals surface area contributed by atoms with Crippen LogP contribution < -0.4 is 5.32 Å². The van der Waals surface area contributed by atoms with E-state index >= 15 is 0 Å². The lowest BCUT2D eigenvalue weighted by Crippen LogP contribution is -2.43. The summed E-state index contributed by atoms with van der Waals surface area (Å²) in [6, 6.07) is 0.199. The van der Waals surface area contributed by atoms with Gasteiger partial charge in [-0.3, -0.25) is 0 Å². The first-order valence-electron chi connectivity index (χ1n) is 4.88. The Morgan fingerprint density at radius 1 is 1.67 bits per heavy atom. The van der Waals surface area contributed by atoms with Crippen molar-refractivity contribution in [3.8, 4) is 0 Å². The van der Waals surface area contributed by atoms with E-state index < -0.39 is 5.67 Å². The van der Waals surface area contributed by atoms with E-state index in [4.69, 9.17) is 0 Å². The van der Waals surface area contributed by atoms with Gasteiger partial charge in [-0.15, -0.1) is 22.6 Å². The minimum Gasteiger partial charge on any atom is -0.318 e. The molecule has 2 rings (SSSR count). The van der Waals surface area contributed by atoms with Crippen molar-refractivity contribution in [2.75, 3.05) is 6.54 Å². The molecule has 15 heavy (non-hydrogen) atoms. The zero-order valence-electron chi connectivity index (χ0n) is 8.90. The van der Waals surface area contributed by atoms with Crippen LogP contribution >= 0.6 is 12.4 Å². The molecule has 1 saturated heterocycles. The standard InChI is InChI=1S/C9H15FN4.ClH/c1-7-5-9(10,3-4-11-7)8-13-12-6-14(8)2;/h6-7,11H,3-5H2,1-2H3;1H/t7-,9+;/m0./s1. The average molecular weight is 235 g/mol. The van der Waals surface area contributed by atoms with Gasteiger partial charge in [-0.25, -0.2) is 4.39 Å². The van der Waals surface area contributed by atoms with E-state index in [1.165, 1.54) is 0 Å². The zero-order valence-corrected chi connectivity index (χ0v) is 9.72. The number of hydrogen-bond acceptors (Lipinski definition) is 3. The van der Waals surface area contributed by atoms with Gasteiger partial charge in [0.15, 0.2) is 11.5 Å². The molecule has 1 aromatic heterocycles. The van der Waals surface area contributed by atoms with Crippen LogP contribution in [-0.2, 0) is 12.7 Å². The van der Waals surface area contributed by atoms with Gasteiger partial charge >= 0.3 is 0 Å². The van der Waals surface area contributed by atoms with Gasteiger partial charge in [-0.1, -0.05) is 0 Å². The number of nitrogens with zero attached hydrogens (tertiary/aromatic N) is 3. The van der Waals surface area contributed by atoms with Gasteiger partial charge in [0, 0.05) is 25.9 Å². The van der Waals surface area contributed by atoms with Crippen LogP contribution in [0.25, 0.3) is 0 Å². The zero-order chi connectivity index (χ0) is 10.2. The van der Waals surface area contributed by atoms with Crippen molar-refractivity contribution in [2.24, 2.45) is 7.05 Å². The van der Waals surface area contributed by atoms with Gasteiger partial charge in [0.2, 0.25) is 0 Å². The molecule has 0 aliphatic carbocycles. The van der Waals surface area contributed by atoms with E-state index in [1.807, 2.05) is 6.92 Å². The summed E-state index contributed by atoms with van der Waals surface area (Å²) in [7, 11) is 1.78. The van der Waals surface area contributed by atoms with Crippen LogP contribution in [0.5, 0.6) is 0 Å². The van der Waals surface area contributed by atoms with Crippen LogP contribution in [0, 0.1) is 0 Å².